The van der Waals surface area contributed by atoms with Crippen molar-refractivity contribution in [1.82, 2.24) is 0 Å². The van der Waals surface area contributed by atoms with Crippen molar-refractivity contribution in [3.8, 4) is 0 Å². The van der Waals surface area contributed by atoms with Gasteiger partial charge in [-0.15, -0.1) is 0 Å². The maximum atomic E-state index is 10.2. The largest absolute Gasteiger partial charge is 0.480 e. The minimum atomic E-state index is -0.997. The first-order chi connectivity index (χ1) is 5.04. The summed E-state index contributed by atoms with van der Waals surface area (Å²) in [7, 11) is 0. The van der Waals surface area contributed by atoms with Crippen molar-refractivity contribution < 1.29 is 11.3 Å². The quantitative estimate of drug-likeness (QED) is 0.490. The van der Waals surface area contributed by atoms with Gasteiger partial charge in [0.15, 0.2) is 0 Å². The van der Waals surface area contributed by atoms with Crippen molar-refractivity contribution in [3.63, 3.8) is 0 Å². The number of carboxylic acids is 1. The van der Waals surface area contributed by atoms with Crippen molar-refractivity contribution in [1.29, 1.82) is 0 Å². The van der Waals surface area contributed by atoms with Gasteiger partial charge in [0.05, 0.1) is 0 Å². The molecule has 10 heavy (non-hydrogen) atoms. The van der Waals surface area contributed by atoms with Gasteiger partial charge >= 0.3 is 5.97 Å². The highest BCUT2D eigenvalue weighted by molar-refractivity contribution is 5.72. The number of nitrogens with two attached hydrogens (primary N) is 2. The molecular formula is C6H14N2O2. The molecule has 0 aliphatic rings. The molecular weight excluding hydrogens is 132 g/mol. The molecule has 0 rings (SSSR count). The first-order valence-electron chi connectivity index (χ1n) is 3.78. The molecule has 0 spiro atoms. The number of hydrogen-bond donors (Lipinski definition) is 3. The van der Waals surface area contributed by atoms with E-state index in [-0.39, 0.29) is 0 Å². The second-order valence-electron chi connectivity index (χ2n) is 2.11. The molecule has 5 N–H and O–H groups in total. The minimum absolute atomic E-state index is 0.391. The fourth-order valence-corrected chi connectivity index (χ4v) is 0.579. The van der Waals surface area contributed by atoms with Crippen LogP contribution in [0.5, 0.6) is 0 Å². The van der Waals surface area contributed by atoms with E-state index in [1.165, 1.54) is 0 Å². The second-order valence-corrected chi connectivity index (χ2v) is 2.11. The zero-order valence-corrected chi connectivity index (χ0v) is 5.79. The Morgan fingerprint density at radius 1 is 1.70 bits per heavy atom. The lowest BCUT2D eigenvalue weighted by atomic mass is 10.1. The molecule has 0 aliphatic heterocycles. The molecule has 4 nitrogen and oxygen atoms in total. The van der Waals surface area contributed by atoms with E-state index in [9.17, 15) is 4.79 Å². The van der Waals surface area contributed by atoms with Gasteiger partial charge in [-0.25, -0.2) is 0 Å². The van der Waals surface area contributed by atoms with Gasteiger partial charge in [0.2, 0.25) is 0 Å². The van der Waals surface area contributed by atoms with Crippen LogP contribution in [0.2, 0.25) is 0 Å². The third-order valence-electron chi connectivity index (χ3n) is 1.20. The molecule has 0 aromatic heterocycles. The van der Waals surface area contributed by atoms with E-state index in [0.717, 1.165) is 0 Å². The fourth-order valence-electron chi connectivity index (χ4n) is 0.579. The van der Waals surface area contributed by atoms with Gasteiger partial charge in [0.1, 0.15) is 6.04 Å². The van der Waals surface area contributed by atoms with Crippen LogP contribution in [0, 0.1) is 0 Å². The van der Waals surface area contributed by atoms with E-state index in [4.69, 9.17) is 17.9 Å². The molecule has 0 radical (unpaired) electrons. The van der Waals surface area contributed by atoms with Crippen molar-refractivity contribution in [2.75, 3.05) is 6.52 Å². The molecule has 0 unspecified atom stereocenters. The molecule has 0 bridgehead atoms. The maximum Gasteiger partial charge on any atom is 0.320 e. The summed E-state index contributed by atoms with van der Waals surface area (Å²) in [6.07, 6.45) is 1.49. The van der Waals surface area contributed by atoms with Crippen LogP contribution in [0.4, 0.5) is 0 Å². The monoisotopic (exact) mass is 147 g/mol. The topological polar surface area (TPSA) is 89.3 Å². The Bertz CT molecular complexity index is 130. The van der Waals surface area contributed by atoms with Crippen LogP contribution in [0.3, 0.4) is 0 Å². The van der Waals surface area contributed by atoms with Gasteiger partial charge in [-0.1, -0.05) is 6.42 Å². The standard InChI is InChI=1S/C6H14N2O2/c7-4-2-1-3-5(8)6(9)10/h5H,1-4,7-8H2,(H,9,10)/t5-/m0/s1/i4D/t4-,5-. The summed E-state index contributed by atoms with van der Waals surface area (Å²) in [4.78, 5) is 10.2. The van der Waals surface area contributed by atoms with Crippen LogP contribution in [-0.4, -0.2) is 23.6 Å². The summed E-state index contributed by atoms with van der Waals surface area (Å²) in [6.45, 7) is -0.615. The normalized spacial score (nSPS) is 17.6. The first-order valence-corrected chi connectivity index (χ1v) is 3.20. The zero-order valence-electron chi connectivity index (χ0n) is 6.79. The lowest BCUT2D eigenvalue weighted by molar-refractivity contribution is -0.138. The number of carbonyl (C=O) groups is 1. The van der Waals surface area contributed by atoms with Crippen molar-refractivity contribution in [3.05, 3.63) is 0 Å². The molecule has 0 aliphatic carbocycles. The maximum absolute atomic E-state index is 10.2. The molecule has 0 aromatic carbocycles. The summed E-state index contributed by atoms with van der Waals surface area (Å²) in [5, 5.41) is 8.34. The number of hydrogen-bond acceptors (Lipinski definition) is 3. The van der Waals surface area contributed by atoms with E-state index < -0.39 is 18.5 Å². The molecule has 0 fully saturated rings. The summed E-state index contributed by atoms with van der Waals surface area (Å²) >= 11 is 0. The Kier molecular flexibility index (Phi) is 3.90. The average molecular weight is 147 g/mol. The van der Waals surface area contributed by atoms with Crippen molar-refractivity contribution in [2.24, 2.45) is 11.5 Å². The molecule has 4 heteroatoms. The van der Waals surface area contributed by atoms with Crippen molar-refractivity contribution in [2.45, 2.75) is 25.3 Å². The zero-order chi connectivity index (χ0) is 8.85. The first kappa shape index (κ1) is 7.50. The molecule has 2 atom stereocenters. The van der Waals surface area contributed by atoms with Gasteiger partial charge in [0, 0.05) is 1.37 Å². The third-order valence-corrected chi connectivity index (χ3v) is 1.20. The Morgan fingerprint density at radius 3 is 2.70 bits per heavy atom. The van der Waals surface area contributed by atoms with Gasteiger partial charge in [0.25, 0.3) is 0 Å². The average Bonchev–Trinajstić information content (AvgIpc) is 1.86. The van der Waals surface area contributed by atoms with Crippen LogP contribution >= 0.6 is 0 Å². The second kappa shape index (κ2) is 5.20. The van der Waals surface area contributed by atoms with Crippen LogP contribution in [0.1, 0.15) is 20.6 Å². The van der Waals surface area contributed by atoms with Gasteiger partial charge in [-0.05, 0) is 19.4 Å². The van der Waals surface area contributed by atoms with E-state index in [1.807, 2.05) is 0 Å². The summed E-state index contributed by atoms with van der Waals surface area (Å²) < 4.78 is 6.92. The molecule has 0 amide bonds. The molecule has 0 aromatic rings. The molecule has 60 valence electrons. The number of carboxylic acid groups (broad SMARTS) is 1. The van der Waals surface area contributed by atoms with Crippen LogP contribution in [0.15, 0.2) is 0 Å². The van der Waals surface area contributed by atoms with Crippen LogP contribution in [0.25, 0.3) is 0 Å². The highest BCUT2D eigenvalue weighted by atomic mass is 16.4. The predicted octanol–water partition coefficient (Wildman–Crippen LogP) is -0.473. The lowest BCUT2D eigenvalue weighted by Gasteiger charge is -2.03. The molecule has 0 heterocycles. The van der Waals surface area contributed by atoms with Gasteiger partial charge in [-0.3, -0.25) is 4.79 Å². The Balaban J connectivity index is 3.31. The minimum Gasteiger partial charge on any atom is -0.480 e. The van der Waals surface area contributed by atoms with Crippen LogP contribution in [-0.2, 0) is 4.79 Å². The van der Waals surface area contributed by atoms with E-state index >= 15 is 0 Å². The summed E-state index contributed by atoms with van der Waals surface area (Å²) in [6, 6.07) is -0.811. The Labute approximate surface area is 61.6 Å². The smallest absolute Gasteiger partial charge is 0.320 e. The van der Waals surface area contributed by atoms with E-state index in [1.54, 1.807) is 0 Å². The highest BCUT2D eigenvalue weighted by Crippen LogP contribution is 1.96. The van der Waals surface area contributed by atoms with Crippen molar-refractivity contribution >= 4 is 5.97 Å². The predicted molar refractivity (Wildman–Crippen MR) is 38.5 cm³/mol. The Morgan fingerprint density at radius 2 is 2.30 bits per heavy atom. The summed E-state index contributed by atoms with van der Waals surface area (Å²) in [5.74, 6) is -0.997. The summed E-state index contributed by atoms with van der Waals surface area (Å²) in [5.41, 5.74) is 10.3. The number of aliphatic carboxylic acids is 1. The lowest BCUT2D eigenvalue weighted by Crippen LogP contribution is -2.29. The number of rotatable bonds is 5. The molecule has 0 saturated heterocycles. The third kappa shape index (κ3) is 4.29. The Hall–Kier alpha value is -0.610. The molecule has 0 saturated carbocycles. The highest BCUT2D eigenvalue weighted by Gasteiger charge is 2.09. The van der Waals surface area contributed by atoms with Crippen LogP contribution < -0.4 is 11.5 Å². The fraction of sp³-hybridized carbons (Fsp3) is 0.833. The SMILES string of the molecule is [2H][C@H](N)CCC[C@H](N)C(=O)O. The van der Waals surface area contributed by atoms with Gasteiger partial charge in [-0.2, -0.15) is 0 Å². The van der Waals surface area contributed by atoms with Gasteiger partial charge < -0.3 is 16.6 Å². The van der Waals surface area contributed by atoms with E-state index in [2.05, 4.69) is 0 Å². The van der Waals surface area contributed by atoms with E-state index in [0.29, 0.717) is 19.3 Å².